The minimum Gasteiger partial charge on any atom is -0.349 e. The van der Waals surface area contributed by atoms with Gasteiger partial charge in [0.25, 0.3) is 5.91 Å². The van der Waals surface area contributed by atoms with Crippen molar-refractivity contribution in [2.24, 2.45) is 5.92 Å². The molecule has 0 radical (unpaired) electrons. The number of amides is 1. The Morgan fingerprint density at radius 3 is 2.60 bits per heavy atom. The Morgan fingerprint density at radius 1 is 1.32 bits per heavy atom. The molecule has 0 atom stereocenters. The second-order valence-electron chi connectivity index (χ2n) is 7.36. The zero-order chi connectivity index (χ0) is 18.2. The topological polar surface area (TPSA) is 66.3 Å². The van der Waals surface area contributed by atoms with Crippen molar-refractivity contribution < 1.29 is 4.79 Å². The van der Waals surface area contributed by atoms with Crippen LogP contribution in [0.3, 0.4) is 0 Å². The first-order valence-corrected chi connectivity index (χ1v) is 9.60. The summed E-state index contributed by atoms with van der Waals surface area (Å²) in [6, 6.07) is 0.355. The summed E-state index contributed by atoms with van der Waals surface area (Å²) in [4.78, 5) is 16.7. The van der Waals surface area contributed by atoms with E-state index >= 15 is 0 Å². The summed E-state index contributed by atoms with van der Waals surface area (Å²) in [5.41, 5.74) is 0.415. The zero-order valence-corrected chi connectivity index (χ0v) is 16.2. The van der Waals surface area contributed by atoms with Gasteiger partial charge >= 0.3 is 0 Å². The Kier molecular flexibility index (Phi) is 7.84. The number of likely N-dealkylation sites (tertiary alicyclic amines) is 1. The molecule has 0 saturated carbocycles. The molecule has 0 bridgehead atoms. The van der Waals surface area contributed by atoms with Gasteiger partial charge in [-0.2, -0.15) is 0 Å². The maximum Gasteiger partial charge on any atom is 0.273 e. The summed E-state index contributed by atoms with van der Waals surface area (Å²) >= 11 is 0. The molecule has 25 heavy (non-hydrogen) atoms. The number of hydrogen-bond acceptors (Lipinski definition) is 5. The van der Waals surface area contributed by atoms with Crippen molar-refractivity contribution in [1.82, 2.24) is 30.1 Å². The van der Waals surface area contributed by atoms with Gasteiger partial charge in [0, 0.05) is 32.7 Å². The molecule has 7 nitrogen and oxygen atoms in total. The molecule has 0 spiro atoms. The number of piperidine rings is 1. The first-order valence-electron chi connectivity index (χ1n) is 9.60. The van der Waals surface area contributed by atoms with E-state index in [1.54, 1.807) is 6.20 Å². The highest BCUT2D eigenvalue weighted by atomic mass is 16.2. The Hall–Kier alpha value is -1.47. The predicted molar refractivity (Wildman–Crippen MR) is 99.7 cm³/mol. The molecule has 0 aromatic carbocycles. The fourth-order valence-electron chi connectivity index (χ4n) is 3.32. The van der Waals surface area contributed by atoms with Crippen molar-refractivity contribution in [3.05, 3.63) is 11.9 Å². The summed E-state index contributed by atoms with van der Waals surface area (Å²) in [6.07, 6.45) is 6.46. The van der Waals surface area contributed by atoms with Gasteiger partial charge in [-0.3, -0.25) is 4.79 Å². The van der Waals surface area contributed by atoms with Crippen LogP contribution in [0.15, 0.2) is 6.20 Å². The number of carbonyl (C=O) groups is 1. The van der Waals surface area contributed by atoms with E-state index in [9.17, 15) is 4.79 Å². The van der Waals surface area contributed by atoms with Crippen molar-refractivity contribution in [1.29, 1.82) is 0 Å². The Labute approximate surface area is 151 Å². The Bertz CT molecular complexity index is 517. The monoisotopic (exact) mass is 350 g/mol. The van der Waals surface area contributed by atoms with Crippen LogP contribution in [0.2, 0.25) is 0 Å². The standard InChI is InChI=1S/C18H34N6O/c1-5-15(6-2)13-23-10-7-16(8-11-23)24-14-17(20-21-24)18(25)19-9-12-22(3)4/h14-16H,5-13H2,1-4H3,(H,19,25). The molecule has 1 fully saturated rings. The number of rotatable bonds is 9. The Morgan fingerprint density at radius 2 is 2.00 bits per heavy atom. The molecule has 2 heterocycles. The van der Waals surface area contributed by atoms with Gasteiger partial charge in [0.15, 0.2) is 5.69 Å². The molecule has 2 rings (SSSR count). The number of nitrogens with zero attached hydrogens (tertiary/aromatic N) is 5. The number of aromatic nitrogens is 3. The summed E-state index contributed by atoms with van der Waals surface area (Å²) in [7, 11) is 3.97. The first kappa shape index (κ1) is 19.8. The SMILES string of the molecule is CCC(CC)CN1CCC(n2cc(C(=O)NCCN(C)C)nn2)CC1. The van der Waals surface area contributed by atoms with Crippen LogP contribution in [0.5, 0.6) is 0 Å². The average Bonchev–Trinajstić information content (AvgIpc) is 3.10. The smallest absolute Gasteiger partial charge is 0.273 e. The molecule has 1 N–H and O–H groups in total. The highest BCUT2D eigenvalue weighted by Crippen LogP contribution is 2.23. The van der Waals surface area contributed by atoms with Crippen molar-refractivity contribution in [3.8, 4) is 0 Å². The van der Waals surface area contributed by atoms with Crippen molar-refractivity contribution >= 4 is 5.91 Å². The highest BCUT2D eigenvalue weighted by Gasteiger charge is 2.23. The summed E-state index contributed by atoms with van der Waals surface area (Å²) in [5.74, 6) is 0.666. The van der Waals surface area contributed by atoms with Gasteiger partial charge in [-0.05, 0) is 32.9 Å². The molecule has 1 amide bonds. The normalized spacial score (nSPS) is 16.7. The lowest BCUT2D eigenvalue weighted by molar-refractivity contribution is 0.0946. The highest BCUT2D eigenvalue weighted by molar-refractivity contribution is 5.91. The molecule has 142 valence electrons. The van der Waals surface area contributed by atoms with E-state index in [0.717, 1.165) is 38.4 Å². The van der Waals surface area contributed by atoms with E-state index in [0.29, 0.717) is 18.3 Å². The molecule has 1 aliphatic heterocycles. The number of hydrogen-bond donors (Lipinski definition) is 1. The predicted octanol–water partition coefficient (Wildman–Crippen LogP) is 1.64. The second-order valence-corrected chi connectivity index (χ2v) is 7.36. The van der Waals surface area contributed by atoms with E-state index in [4.69, 9.17) is 0 Å². The summed E-state index contributed by atoms with van der Waals surface area (Å²) in [6.45, 7) is 9.40. The number of nitrogens with one attached hydrogen (secondary N) is 1. The van der Waals surface area contributed by atoms with E-state index in [-0.39, 0.29) is 5.91 Å². The molecule has 0 unspecified atom stereocenters. The minimum absolute atomic E-state index is 0.140. The molecule has 1 saturated heterocycles. The maximum absolute atomic E-state index is 12.1. The van der Waals surface area contributed by atoms with Crippen LogP contribution >= 0.6 is 0 Å². The second kappa shape index (κ2) is 9.87. The largest absolute Gasteiger partial charge is 0.349 e. The summed E-state index contributed by atoms with van der Waals surface area (Å²) < 4.78 is 1.88. The van der Waals surface area contributed by atoms with Crippen LogP contribution in [0.1, 0.15) is 56.1 Å². The fraction of sp³-hybridized carbons (Fsp3) is 0.833. The quantitative estimate of drug-likeness (QED) is 0.733. The van der Waals surface area contributed by atoms with E-state index in [2.05, 4.69) is 34.4 Å². The molecular formula is C18H34N6O. The number of likely N-dealkylation sites (N-methyl/N-ethyl adjacent to an activating group) is 1. The van der Waals surface area contributed by atoms with E-state index in [1.807, 2.05) is 23.7 Å². The van der Waals surface area contributed by atoms with Gasteiger partial charge in [0.2, 0.25) is 0 Å². The van der Waals surface area contributed by atoms with Crippen molar-refractivity contribution in [3.63, 3.8) is 0 Å². The van der Waals surface area contributed by atoms with Crippen LogP contribution in [0.4, 0.5) is 0 Å². The molecule has 1 aromatic heterocycles. The lowest BCUT2D eigenvalue weighted by Crippen LogP contribution is -2.37. The van der Waals surface area contributed by atoms with Crippen LogP contribution in [0, 0.1) is 5.92 Å². The first-order chi connectivity index (χ1) is 12.0. The molecule has 7 heteroatoms. The van der Waals surface area contributed by atoms with Gasteiger partial charge < -0.3 is 15.1 Å². The zero-order valence-electron chi connectivity index (χ0n) is 16.2. The maximum atomic E-state index is 12.1. The third-order valence-electron chi connectivity index (χ3n) is 5.19. The van der Waals surface area contributed by atoms with Crippen LogP contribution in [-0.4, -0.2) is 77.5 Å². The van der Waals surface area contributed by atoms with Gasteiger partial charge in [0.1, 0.15) is 0 Å². The van der Waals surface area contributed by atoms with Crippen LogP contribution in [-0.2, 0) is 0 Å². The third kappa shape index (κ3) is 6.08. The third-order valence-corrected chi connectivity index (χ3v) is 5.19. The van der Waals surface area contributed by atoms with Gasteiger partial charge in [0.05, 0.1) is 12.2 Å². The van der Waals surface area contributed by atoms with E-state index in [1.165, 1.54) is 19.4 Å². The number of carbonyl (C=O) groups excluding carboxylic acids is 1. The molecular weight excluding hydrogens is 316 g/mol. The van der Waals surface area contributed by atoms with Crippen LogP contribution < -0.4 is 5.32 Å². The molecule has 1 aliphatic rings. The minimum atomic E-state index is -0.140. The lowest BCUT2D eigenvalue weighted by Gasteiger charge is -2.33. The average molecular weight is 351 g/mol. The van der Waals surface area contributed by atoms with Crippen LogP contribution in [0.25, 0.3) is 0 Å². The fourth-order valence-corrected chi connectivity index (χ4v) is 3.32. The van der Waals surface area contributed by atoms with E-state index < -0.39 is 0 Å². The van der Waals surface area contributed by atoms with Gasteiger partial charge in [-0.25, -0.2) is 4.68 Å². The van der Waals surface area contributed by atoms with Crippen molar-refractivity contribution in [2.75, 3.05) is 46.8 Å². The summed E-state index contributed by atoms with van der Waals surface area (Å²) in [5, 5.41) is 11.1. The lowest BCUT2D eigenvalue weighted by atomic mass is 9.99. The molecule has 0 aliphatic carbocycles. The Balaban J connectivity index is 1.80. The van der Waals surface area contributed by atoms with Crippen molar-refractivity contribution in [2.45, 2.75) is 45.6 Å². The molecule has 1 aromatic rings. The van der Waals surface area contributed by atoms with Gasteiger partial charge in [-0.15, -0.1) is 5.10 Å². The van der Waals surface area contributed by atoms with Gasteiger partial charge in [-0.1, -0.05) is 31.9 Å².